The number of para-hydroxylation sites is 1. The summed E-state index contributed by atoms with van der Waals surface area (Å²) in [5.41, 5.74) is 3.53. The van der Waals surface area contributed by atoms with Crippen molar-refractivity contribution in [3.8, 4) is 0 Å². The van der Waals surface area contributed by atoms with Crippen molar-refractivity contribution in [2.24, 2.45) is 5.84 Å². The van der Waals surface area contributed by atoms with Gasteiger partial charge in [0.15, 0.2) is 4.67 Å². The monoisotopic (exact) mass is 306 g/mol. The summed E-state index contributed by atoms with van der Waals surface area (Å²) in [6, 6.07) is 13.1. The van der Waals surface area contributed by atoms with E-state index < -0.39 is 0 Å². The molecule has 0 fully saturated rings. The zero-order chi connectivity index (χ0) is 12.5. The number of benzene rings is 1. The van der Waals surface area contributed by atoms with Gasteiger partial charge in [0, 0.05) is 5.39 Å². The highest BCUT2D eigenvalue weighted by atomic mass is 79.9. The molecule has 0 aliphatic heterocycles. The fourth-order valence-corrected chi connectivity index (χ4v) is 2.25. The second-order valence-corrected chi connectivity index (χ2v) is 4.71. The highest BCUT2D eigenvalue weighted by molar-refractivity contribution is 9.10. The van der Waals surface area contributed by atoms with Gasteiger partial charge in [-0.1, -0.05) is 18.2 Å². The molecular formula is C13H11BrN2O2. The van der Waals surface area contributed by atoms with Crippen LogP contribution in [0.15, 0.2) is 56.0 Å². The quantitative estimate of drug-likeness (QED) is 0.575. The molecule has 2 heterocycles. The molecule has 3 aromatic rings. The third-order valence-electron chi connectivity index (χ3n) is 2.77. The van der Waals surface area contributed by atoms with Crippen LogP contribution in [0.1, 0.15) is 17.6 Å². The molecule has 2 aromatic heterocycles. The maximum Gasteiger partial charge on any atom is 0.169 e. The second-order valence-electron chi connectivity index (χ2n) is 3.93. The van der Waals surface area contributed by atoms with Crippen LogP contribution >= 0.6 is 15.9 Å². The number of halogens is 1. The molecule has 0 aliphatic carbocycles. The summed E-state index contributed by atoms with van der Waals surface area (Å²) in [4.78, 5) is 0. The molecule has 0 saturated carbocycles. The van der Waals surface area contributed by atoms with E-state index in [1.54, 1.807) is 0 Å². The largest absolute Gasteiger partial charge is 0.459 e. The molecular weight excluding hydrogens is 296 g/mol. The van der Waals surface area contributed by atoms with Crippen LogP contribution in [0, 0.1) is 0 Å². The van der Waals surface area contributed by atoms with Crippen molar-refractivity contribution in [3.05, 3.63) is 58.7 Å². The van der Waals surface area contributed by atoms with Gasteiger partial charge in [0.05, 0.1) is 0 Å². The van der Waals surface area contributed by atoms with Crippen molar-refractivity contribution < 1.29 is 8.83 Å². The Kier molecular flexibility index (Phi) is 2.95. The Morgan fingerprint density at radius 2 is 1.89 bits per heavy atom. The third-order valence-corrected chi connectivity index (χ3v) is 3.20. The summed E-state index contributed by atoms with van der Waals surface area (Å²) < 4.78 is 11.9. The summed E-state index contributed by atoms with van der Waals surface area (Å²) >= 11 is 3.27. The Morgan fingerprint density at radius 1 is 1.06 bits per heavy atom. The summed E-state index contributed by atoms with van der Waals surface area (Å²) in [6.07, 6.45) is 0. The van der Waals surface area contributed by atoms with Gasteiger partial charge in [-0.2, -0.15) is 0 Å². The SMILES string of the molecule is NNC(c1ccc(Br)o1)c1cc2ccccc2o1. The minimum absolute atomic E-state index is 0.302. The van der Waals surface area contributed by atoms with Crippen LogP contribution in [0.4, 0.5) is 0 Å². The molecule has 1 atom stereocenters. The van der Waals surface area contributed by atoms with Gasteiger partial charge in [-0.15, -0.1) is 0 Å². The number of furan rings is 2. The first-order valence-electron chi connectivity index (χ1n) is 5.48. The number of nitrogens with two attached hydrogens (primary N) is 1. The average Bonchev–Trinajstić information content (AvgIpc) is 2.96. The molecule has 0 spiro atoms. The van der Waals surface area contributed by atoms with Crippen molar-refractivity contribution in [1.29, 1.82) is 0 Å². The molecule has 0 saturated heterocycles. The lowest BCUT2D eigenvalue weighted by molar-refractivity contribution is 0.395. The van der Waals surface area contributed by atoms with Crippen LogP contribution in [0.3, 0.4) is 0 Å². The van der Waals surface area contributed by atoms with Crippen molar-refractivity contribution in [3.63, 3.8) is 0 Å². The fraction of sp³-hybridized carbons (Fsp3) is 0.0769. The predicted molar refractivity (Wildman–Crippen MR) is 71.8 cm³/mol. The maximum atomic E-state index is 5.77. The topological polar surface area (TPSA) is 64.3 Å². The second kappa shape index (κ2) is 4.61. The number of rotatable bonds is 3. The van der Waals surface area contributed by atoms with Gasteiger partial charge in [0.1, 0.15) is 23.1 Å². The molecule has 3 rings (SSSR count). The van der Waals surface area contributed by atoms with Crippen LogP contribution in [0.25, 0.3) is 11.0 Å². The Bertz CT molecular complexity index is 641. The van der Waals surface area contributed by atoms with Crippen molar-refractivity contribution in [2.45, 2.75) is 6.04 Å². The van der Waals surface area contributed by atoms with Crippen molar-refractivity contribution in [1.82, 2.24) is 5.43 Å². The molecule has 1 aromatic carbocycles. The highest BCUT2D eigenvalue weighted by Gasteiger charge is 2.20. The van der Waals surface area contributed by atoms with E-state index in [-0.39, 0.29) is 6.04 Å². The van der Waals surface area contributed by atoms with Gasteiger partial charge in [0.2, 0.25) is 0 Å². The summed E-state index contributed by atoms with van der Waals surface area (Å²) in [5.74, 6) is 7.00. The molecule has 5 heteroatoms. The first-order valence-corrected chi connectivity index (χ1v) is 6.27. The molecule has 18 heavy (non-hydrogen) atoms. The smallest absolute Gasteiger partial charge is 0.169 e. The molecule has 0 radical (unpaired) electrons. The van der Waals surface area contributed by atoms with Crippen LogP contribution in [-0.4, -0.2) is 0 Å². The van der Waals surface area contributed by atoms with Crippen LogP contribution in [0.5, 0.6) is 0 Å². The lowest BCUT2D eigenvalue weighted by Crippen LogP contribution is -2.28. The van der Waals surface area contributed by atoms with E-state index in [1.165, 1.54) is 0 Å². The van der Waals surface area contributed by atoms with E-state index in [9.17, 15) is 0 Å². The van der Waals surface area contributed by atoms with E-state index in [0.29, 0.717) is 10.4 Å². The van der Waals surface area contributed by atoms with Crippen molar-refractivity contribution in [2.75, 3.05) is 0 Å². The fourth-order valence-electron chi connectivity index (χ4n) is 1.93. The molecule has 0 aliphatic rings. The van der Waals surface area contributed by atoms with E-state index in [1.807, 2.05) is 42.5 Å². The predicted octanol–water partition coefficient (Wildman–Crippen LogP) is 3.34. The highest BCUT2D eigenvalue weighted by Crippen LogP contribution is 2.29. The van der Waals surface area contributed by atoms with Crippen LogP contribution < -0.4 is 11.3 Å². The molecule has 92 valence electrons. The molecule has 1 unspecified atom stereocenters. The lowest BCUT2D eigenvalue weighted by Gasteiger charge is -2.09. The number of nitrogens with one attached hydrogen (secondary N) is 1. The zero-order valence-corrected chi connectivity index (χ0v) is 11.0. The van der Waals surface area contributed by atoms with Gasteiger partial charge in [-0.3, -0.25) is 5.84 Å². The first kappa shape index (κ1) is 11.5. The zero-order valence-electron chi connectivity index (χ0n) is 9.39. The van der Waals surface area contributed by atoms with Crippen LogP contribution in [-0.2, 0) is 0 Å². The van der Waals surface area contributed by atoms with Gasteiger partial charge < -0.3 is 8.83 Å². The number of hydrogen-bond donors (Lipinski definition) is 2. The van der Waals surface area contributed by atoms with Gasteiger partial charge in [-0.05, 0) is 40.2 Å². The average molecular weight is 307 g/mol. The minimum Gasteiger partial charge on any atom is -0.459 e. The normalized spacial score (nSPS) is 13.0. The summed E-state index contributed by atoms with van der Waals surface area (Å²) in [7, 11) is 0. The number of hydrazine groups is 1. The molecule has 3 N–H and O–H groups in total. The minimum atomic E-state index is -0.302. The molecule has 4 nitrogen and oxygen atoms in total. The summed E-state index contributed by atoms with van der Waals surface area (Å²) in [5, 5.41) is 1.04. The standard InChI is InChI=1S/C13H11BrN2O2/c14-12-6-5-10(18-12)13(16-15)11-7-8-3-1-2-4-9(8)17-11/h1-7,13,16H,15H2. The Hall–Kier alpha value is -1.56. The van der Waals surface area contributed by atoms with E-state index in [2.05, 4.69) is 21.4 Å². The third kappa shape index (κ3) is 1.96. The Balaban J connectivity index is 2.05. The van der Waals surface area contributed by atoms with E-state index in [0.717, 1.165) is 16.7 Å². The van der Waals surface area contributed by atoms with Crippen LogP contribution in [0.2, 0.25) is 0 Å². The van der Waals surface area contributed by atoms with E-state index in [4.69, 9.17) is 14.7 Å². The van der Waals surface area contributed by atoms with Gasteiger partial charge in [0.25, 0.3) is 0 Å². The summed E-state index contributed by atoms with van der Waals surface area (Å²) in [6.45, 7) is 0. The van der Waals surface area contributed by atoms with Gasteiger partial charge >= 0.3 is 0 Å². The molecule has 0 bridgehead atoms. The number of hydrogen-bond acceptors (Lipinski definition) is 4. The van der Waals surface area contributed by atoms with Gasteiger partial charge in [-0.25, -0.2) is 5.43 Å². The number of fused-ring (bicyclic) bond motifs is 1. The maximum absolute atomic E-state index is 5.77. The lowest BCUT2D eigenvalue weighted by atomic mass is 10.1. The molecule has 0 amide bonds. The first-order chi connectivity index (χ1) is 8.78. The van der Waals surface area contributed by atoms with Crippen molar-refractivity contribution >= 4 is 26.9 Å². The van der Waals surface area contributed by atoms with E-state index >= 15 is 0 Å². The Labute approximate surface area is 112 Å². The Morgan fingerprint density at radius 3 is 2.56 bits per heavy atom.